The van der Waals surface area contributed by atoms with Gasteiger partial charge in [-0.3, -0.25) is 4.79 Å². The second kappa shape index (κ2) is 5.16. The predicted molar refractivity (Wildman–Crippen MR) is 77.2 cm³/mol. The Morgan fingerprint density at radius 1 is 1.45 bits per heavy atom. The molecule has 106 valence electrons. The smallest absolute Gasteiger partial charge is 0.328 e. The van der Waals surface area contributed by atoms with E-state index in [1.807, 2.05) is 17.5 Å². The van der Waals surface area contributed by atoms with E-state index < -0.39 is 18.1 Å². The Kier molecular flexibility index (Phi) is 3.49. The Morgan fingerprint density at radius 2 is 2.25 bits per heavy atom. The molecule has 0 spiro atoms. The molecule has 1 fully saturated rings. The summed E-state index contributed by atoms with van der Waals surface area (Å²) in [5.41, 5.74) is 0. The Bertz CT molecular complexity index is 634. The van der Waals surface area contributed by atoms with Crippen molar-refractivity contribution in [1.29, 1.82) is 0 Å². The van der Waals surface area contributed by atoms with E-state index in [9.17, 15) is 14.7 Å². The number of hydrogen-bond acceptors (Lipinski definition) is 6. The van der Waals surface area contributed by atoms with Crippen LogP contribution >= 0.6 is 22.7 Å². The summed E-state index contributed by atoms with van der Waals surface area (Å²) < 4.78 is 6.83. The van der Waals surface area contributed by atoms with Crippen molar-refractivity contribution in [1.82, 2.24) is 4.90 Å². The summed E-state index contributed by atoms with van der Waals surface area (Å²) in [6.45, 7) is 0.171. The van der Waals surface area contributed by atoms with Crippen molar-refractivity contribution in [2.75, 3.05) is 13.7 Å². The van der Waals surface area contributed by atoms with E-state index in [1.54, 1.807) is 11.3 Å². The highest BCUT2D eigenvalue weighted by Crippen LogP contribution is 2.32. The zero-order valence-electron chi connectivity index (χ0n) is 10.7. The summed E-state index contributed by atoms with van der Waals surface area (Å²) in [4.78, 5) is 26.2. The van der Waals surface area contributed by atoms with Gasteiger partial charge in [-0.05, 0) is 17.5 Å². The van der Waals surface area contributed by atoms with Crippen LogP contribution in [0.25, 0.3) is 9.40 Å². The lowest BCUT2D eigenvalue weighted by atomic mass is 10.2. The molecule has 5 nitrogen and oxygen atoms in total. The number of carbonyl (C=O) groups is 2. The lowest BCUT2D eigenvalue weighted by molar-refractivity contribution is -0.145. The molecule has 1 N–H and O–H groups in total. The van der Waals surface area contributed by atoms with E-state index in [1.165, 1.54) is 23.3 Å². The minimum atomic E-state index is -0.692. The maximum absolute atomic E-state index is 12.5. The number of nitrogens with zero attached hydrogens (tertiary/aromatic N) is 1. The van der Waals surface area contributed by atoms with Crippen molar-refractivity contribution in [3.05, 3.63) is 22.4 Å². The number of aliphatic hydroxyl groups is 1. The molecule has 0 aliphatic carbocycles. The summed E-state index contributed by atoms with van der Waals surface area (Å²) in [6.07, 6.45) is -0.442. The molecule has 0 saturated carbocycles. The molecule has 2 aromatic rings. The van der Waals surface area contributed by atoms with Gasteiger partial charge in [0.25, 0.3) is 5.91 Å². The van der Waals surface area contributed by atoms with Gasteiger partial charge < -0.3 is 14.7 Å². The molecule has 0 bridgehead atoms. The monoisotopic (exact) mass is 311 g/mol. The van der Waals surface area contributed by atoms with Crippen molar-refractivity contribution in [2.45, 2.75) is 18.6 Å². The Hall–Kier alpha value is -1.44. The molecule has 2 atom stereocenters. The second-order valence-corrected chi connectivity index (χ2v) is 6.68. The number of ether oxygens (including phenoxy) is 1. The first-order valence-corrected chi connectivity index (χ1v) is 7.83. The third-order valence-corrected chi connectivity index (χ3v) is 5.44. The first-order chi connectivity index (χ1) is 9.60. The summed E-state index contributed by atoms with van der Waals surface area (Å²) in [7, 11) is 1.29. The molecule has 2 unspecified atom stereocenters. The van der Waals surface area contributed by atoms with Crippen molar-refractivity contribution in [2.24, 2.45) is 0 Å². The summed E-state index contributed by atoms with van der Waals surface area (Å²) in [6, 6.07) is 3.12. The minimum absolute atomic E-state index is 0.171. The molecular formula is C13H13NO4S2. The van der Waals surface area contributed by atoms with Gasteiger partial charge in [0, 0.05) is 22.4 Å². The molecule has 1 saturated heterocycles. The van der Waals surface area contributed by atoms with Gasteiger partial charge in [0.05, 0.1) is 18.1 Å². The largest absolute Gasteiger partial charge is 0.467 e. The molecule has 0 aromatic carbocycles. The lowest BCUT2D eigenvalue weighted by Gasteiger charge is -2.21. The van der Waals surface area contributed by atoms with Gasteiger partial charge in [-0.2, -0.15) is 0 Å². The zero-order valence-corrected chi connectivity index (χ0v) is 12.4. The Labute approximate surface area is 123 Å². The molecule has 3 rings (SSSR count). The average Bonchev–Trinajstić information content (AvgIpc) is 3.09. The number of methoxy groups -OCH3 is 1. The zero-order chi connectivity index (χ0) is 14.3. The van der Waals surface area contributed by atoms with E-state index in [4.69, 9.17) is 4.74 Å². The van der Waals surface area contributed by atoms with Crippen LogP contribution in [0.5, 0.6) is 0 Å². The lowest BCUT2D eigenvalue weighted by Crippen LogP contribution is -2.40. The Balaban J connectivity index is 1.88. The van der Waals surface area contributed by atoms with Gasteiger partial charge >= 0.3 is 5.97 Å². The number of esters is 1. The molecule has 2 aromatic heterocycles. The highest BCUT2D eigenvalue weighted by molar-refractivity contribution is 7.27. The van der Waals surface area contributed by atoms with Crippen LogP contribution in [0, 0.1) is 0 Å². The maximum Gasteiger partial charge on any atom is 0.328 e. The number of amides is 1. The van der Waals surface area contributed by atoms with Crippen LogP contribution in [0.3, 0.4) is 0 Å². The van der Waals surface area contributed by atoms with Gasteiger partial charge in [-0.15, -0.1) is 22.7 Å². The number of rotatable bonds is 2. The number of fused-ring (bicyclic) bond motifs is 1. The first kappa shape index (κ1) is 13.5. The summed E-state index contributed by atoms with van der Waals surface area (Å²) in [5.74, 6) is -0.696. The quantitative estimate of drug-likeness (QED) is 0.858. The first-order valence-electron chi connectivity index (χ1n) is 6.14. The van der Waals surface area contributed by atoms with Gasteiger partial charge in [0.1, 0.15) is 6.04 Å². The normalized spacial score (nSPS) is 22.4. The van der Waals surface area contributed by atoms with E-state index in [-0.39, 0.29) is 18.9 Å². The number of hydrogen-bond donors (Lipinski definition) is 1. The molecule has 1 amide bonds. The maximum atomic E-state index is 12.5. The SMILES string of the molecule is COC(=O)C1CC(O)CN1C(=O)c1cc2sccc2s1. The molecule has 3 heterocycles. The van der Waals surface area contributed by atoms with Crippen molar-refractivity contribution in [3.8, 4) is 0 Å². The van der Waals surface area contributed by atoms with Crippen molar-refractivity contribution in [3.63, 3.8) is 0 Å². The van der Waals surface area contributed by atoms with E-state index >= 15 is 0 Å². The van der Waals surface area contributed by atoms with Crippen LogP contribution in [0.1, 0.15) is 16.1 Å². The van der Waals surface area contributed by atoms with Crippen LogP contribution in [0.4, 0.5) is 0 Å². The fourth-order valence-corrected chi connectivity index (χ4v) is 4.48. The van der Waals surface area contributed by atoms with E-state index in [0.717, 1.165) is 9.40 Å². The number of thiophene rings is 2. The van der Waals surface area contributed by atoms with Crippen LogP contribution in [-0.4, -0.2) is 47.7 Å². The second-order valence-electron chi connectivity index (χ2n) is 4.65. The Morgan fingerprint density at radius 3 is 2.95 bits per heavy atom. The molecule has 1 aliphatic rings. The van der Waals surface area contributed by atoms with Crippen LogP contribution < -0.4 is 0 Å². The third kappa shape index (κ3) is 2.21. The topological polar surface area (TPSA) is 66.8 Å². The van der Waals surface area contributed by atoms with Gasteiger partial charge in [-0.1, -0.05) is 0 Å². The number of likely N-dealkylation sites (tertiary alicyclic amines) is 1. The third-order valence-electron chi connectivity index (χ3n) is 3.36. The fourth-order valence-electron chi connectivity index (χ4n) is 2.41. The van der Waals surface area contributed by atoms with Gasteiger partial charge in [0.15, 0.2) is 0 Å². The predicted octanol–water partition coefficient (Wildman–Crippen LogP) is 1.71. The van der Waals surface area contributed by atoms with Crippen molar-refractivity contribution >= 4 is 43.9 Å². The fraction of sp³-hybridized carbons (Fsp3) is 0.385. The van der Waals surface area contributed by atoms with Gasteiger partial charge in [-0.25, -0.2) is 4.79 Å². The molecule has 1 aliphatic heterocycles. The highest BCUT2D eigenvalue weighted by Gasteiger charge is 2.40. The number of β-amino-alcohol motifs (C(OH)–C–C–N with tert-alkyl or cyclic N) is 1. The molecular weight excluding hydrogens is 298 g/mol. The summed E-state index contributed by atoms with van der Waals surface area (Å²) >= 11 is 2.99. The molecule has 20 heavy (non-hydrogen) atoms. The minimum Gasteiger partial charge on any atom is -0.467 e. The van der Waals surface area contributed by atoms with Crippen LogP contribution in [0.15, 0.2) is 17.5 Å². The van der Waals surface area contributed by atoms with Gasteiger partial charge in [0.2, 0.25) is 0 Å². The number of carbonyl (C=O) groups excluding carboxylic acids is 2. The summed E-state index contributed by atoms with van der Waals surface area (Å²) in [5, 5.41) is 11.7. The molecule has 7 heteroatoms. The molecule has 0 radical (unpaired) electrons. The van der Waals surface area contributed by atoms with Crippen LogP contribution in [-0.2, 0) is 9.53 Å². The van der Waals surface area contributed by atoms with Crippen molar-refractivity contribution < 1.29 is 19.4 Å². The van der Waals surface area contributed by atoms with E-state index in [0.29, 0.717) is 4.88 Å². The number of aliphatic hydroxyl groups excluding tert-OH is 1. The highest BCUT2D eigenvalue weighted by atomic mass is 32.1. The standard InChI is InChI=1S/C13H13NO4S2/c1-18-13(17)8-4-7(15)6-14(8)12(16)11-5-10-9(20-11)2-3-19-10/h2-3,5,7-8,15H,4,6H2,1H3. The van der Waals surface area contributed by atoms with Crippen LogP contribution in [0.2, 0.25) is 0 Å². The average molecular weight is 311 g/mol. The van der Waals surface area contributed by atoms with E-state index in [2.05, 4.69) is 0 Å².